The molecule has 144 valence electrons. The molecule has 6 heteroatoms. The van der Waals surface area contributed by atoms with Crippen LogP contribution in [0.5, 0.6) is 0 Å². The molecule has 0 atom stereocenters. The lowest BCUT2D eigenvalue weighted by Gasteiger charge is -2.49. The Labute approximate surface area is 160 Å². The zero-order chi connectivity index (χ0) is 18.2. The number of benzene rings is 1. The van der Waals surface area contributed by atoms with Gasteiger partial charge in [-0.15, -0.1) is 0 Å². The number of hydrogen-bond donors (Lipinski definition) is 1. The van der Waals surface area contributed by atoms with Gasteiger partial charge in [0.25, 0.3) is 5.91 Å². The fourth-order valence-corrected chi connectivity index (χ4v) is 5.04. The first kappa shape index (κ1) is 17.2. The highest BCUT2D eigenvalue weighted by Gasteiger charge is 2.38. The lowest BCUT2D eigenvalue weighted by molar-refractivity contribution is -0.00279. The van der Waals surface area contributed by atoms with Crippen LogP contribution in [-0.2, 0) is 0 Å². The molecule has 1 amide bonds. The lowest BCUT2D eigenvalue weighted by Crippen LogP contribution is -2.64. The van der Waals surface area contributed by atoms with Crippen LogP contribution in [0.3, 0.4) is 0 Å². The summed E-state index contributed by atoms with van der Waals surface area (Å²) in [6, 6.07) is 9.19. The van der Waals surface area contributed by atoms with Crippen LogP contribution < -0.4 is 0 Å². The maximum atomic E-state index is 12.8. The minimum absolute atomic E-state index is 0.0598. The zero-order valence-corrected chi connectivity index (χ0v) is 15.9. The van der Waals surface area contributed by atoms with Crippen molar-refractivity contribution in [2.24, 2.45) is 0 Å². The highest BCUT2D eigenvalue weighted by atomic mass is 16.2. The summed E-state index contributed by atoms with van der Waals surface area (Å²) >= 11 is 0. The van der Waals surface area contributed by atoms with Crippen molar-refractivity contribution in [1.29, 1.82) is 0 Å². The fraction of sp³-hybridized carbons (Fsp3) is 0.619. The molecular formula is C21H29N5O. The second kappa shape index (κ2) is 7.24. The summed E-state index contributed by atoms with van der Waals surface area (Å²) in [6.07, 6.45) is 7.03. The summed E-state index contributed by atoms with van der Waals surface area (Å²) in [7, 11) is 0. The van der Waals surface area contributed by atoms with Crippen LogP contribution in [-0.4, -0.2) is 82.2 Å². The molecule has 1 aliphatic carbocycles. The quantitative estimate of drug-likeness (QED) is 0.905. The Kier molecular flexibility index (Phi) is 4.61. The number of piperazine rings is 1. The van der Waals surface area contributed by atoms with E-state index in [9.17, 15) is 4.79 Å². The molecule has 1 aromatic heterocycles. The maximum Gasteiger partial charge on any atom is 0.275 e. The molecule has 0 spiro atoms. The predicted octanol–water partition coefficient (Wildman–Crippen LogP) is 2.34. The van der Waals surface area contributed by atoms with E-state index in [-0.39, 0.29) is 5.91 Å². The molecule has 6 nitrogen and oxygen atoms in total. The van der Waals surface area contributed by atoms with Crippen molar-refractivity contribution in [3.05, 3.63) is 30.0 Å². The van der Waals surface area contributed by atoms with Crippen LogP contribution in [0.4, 0.5) is 0 Å². The fourth-order valence-electron chi connectivity index (χ4n) is 5.04. The minimum atomic E-state index is 0.0598. The SMILES string of the molecule is O=C(c1n[nH]c2ccccc12)N1CC(N2CCN(C3CCCCC3)CC2)C1. The highest BCUT2D eigenvalue weighted by molar-refractivity contribution is 6.04. The van der Waals surface area contributed by atoms with Gasteiger partial charge in [-0.25, -0.2) is 0 Å². The standard InChI is InChI=1S/C21H29N5O/c27-21(20-18-8-4-5-9-19(18)22-23-20)26-14-17(15-26)25-12-10-24(11-13-25)16-6-2-1-3-7-16/h4-5,8-9,16-17H,1-3,6-7,10-15H2,(H,22,23). The van der Waals surface area contributed by atoms with Gasteiger partial charge >= 0.3 is 0 Å². The monoisotopic (exact) mass is 367 g/mol. The molecule has 2 aromatic rings. The van der Waals surface area contributed by atoms with Crippen molar-refractivity contribution in [3.63, 3.8) is 0 Å². The van der Waals surface area contributed by atoms with Crippen molar-refractivity contribution in [2.45, 2.75) is 44.2 Å². The molecule has 1 N–H and O–H groups in total. The third-order valence-corrected chi connectivity index (χ3v) is 6.78. The number of nitrogens with zero attached hydrogens (tertiary/aromatic N) is 4. The molecule has 2 saturated heterocycles. The Morgan fingerprint density at radius 3 is 2.33 bits per heavy atom. The molecule has 1 saturated carbocycles. The van der Waals surface area contributed by atoms with Gasteiger partial charge in [0.1, 0.15) is 0 Å². The normalized spacial score (nSPS) is 23.6. The van der Waals surface area contributed by atoms with Gasteiger partial charge in [0.05, 0.1) is 5.52 Å². The first-order valence-corrected chi connectivity index (χ1v) is 10.5. The number of aromatic amines is 1. The van der Waals surface area contributed by atoms with Crippen LogP contribution in [0.2, 0.25) is 0 Å². The molecule has 1 aromatic carbocycles. The predicted molar refractivity (Wildman–Crippen MR) is 106 cm³/mol. The Hall–Kier alpha value is -1.92. The number of aromatic nitrogens is 2. The topological polar surface area (TPSA) is 55.5 Å². The molecule has 2 aliphatic heterocycles. The number of para-hydroxylation sites is 1. The smallest absolute Gasteiger partial charge is 0.275 e. The van der Waals surface area contributed by atoms with Crippen LogP contribution >= 0.6 is 0 Å². The van der Waals surface area contributed by atoms with Gasteiger partial charge in [0.15, 0.2) is 5.69 Å². The largest absolute Gasteiger partial charge is 0.334 e. The molecule has 0 radical (unpaired) electrons. The van der Waals surface area contributed by atoms with E-state index in [2.05, 4.69) is 20.0 Å². The number of fused-ring (bicyclic) bond motifs is 1. The molecule has 3 aliphatic rings. The van der Waals surface area contributed by atoms with Crippen molar-refractivity contribution < 1.29 is 4.79 Å². The van der Waals surface area contributed by atoms with Crippen molar-refractivity contribution >= 4 is 16.8 Å². The summed E-state index contributed by atoms with van der Waals surface area (Å²) in [5.41, 5.74) is 1.49. The van der Waals surface area contributed by atoms with Crippen LogP contribution in [0.1, 0.15) is 42.6 Å². The number of rotatable bonds is 3. The second-order valence-corrected chi connectivity index (χ2v) is 8.35. The molecule has 0 unspecified atom stereocenters. The van der Waals surface area contributed by atoms with E-state index in [0.717, 1.165) is 43.1 Å². The first-order chi connectivity index (χ1) is 13.3. The summed E-state index contributed by atoms with van der Waals surface area (Å²) in [4.78, 5) is 20.1. The molecule has 27 heavy (non-hydrogen) atoms. The van der Waals surface area contributed by atoms with Crippen LogP contribution in [0.15, 0.2) is 24.3 Å². The van der Waals surface area contributed by atoms with Gasteiger partial charge in [-0.1, -0.05) is 37.5 Å². The van der Waals surface area contributed by atoms with Gasteiger partial charge in [0.2, 0.25) is 0 Å². The third-order valence-electron chi connectivity index (χ3n) is 6.78. The van der Waals surface area contributed by atoms with E-state index in [1.807, 2.05) is 29.2 Å². The molecule has 3 fully saturated rings. The van der Waals surface area contributed by atoms with Gasteiger partial charge in [-0.3, -0.25) is 19.7 Å². The van der Waals surface area contributed by atoms with E-state index < -0.39 is 0 Å². The molecule has 5 rings (SSSR count). The number of amides is 1. The zero-order valence-electron chi connectivity index (χ0n) is 15.9. The Balaban J connectivity index is 1.14. The van der Waals surface area contributed by atoms with Crippen molar-refractivity contribution in [1.82, 2.24) is 24.9 Å². The summed E-state index contributed by atoms with van der Waals surface area (Å²) in [5, 5.41) is 8.15. The second-order valence-electron chi connectivity index (χ2n) is 8.35. The highest BCUT2D eigenvalue weighted by Crippen LogP contribution is 2.26. The Morgan fingerprint density at radius 1 is 0.926 bits per heavy atom. The van der Waals surface area contributed by atoms with Crippen molar-refractivity contribution in [3.8, 4) is 0 Å². The van der Waals surface area contributed by atoms with E-state index in [0.29, 0.717) is 11.7 Å². The number of likely N-dealkylation sites (tertiary alicyclic amines) is 1. The van der Waals surface area contributed by atoms with Crippen LogP contribution in [0, 0.1) is 0 Å². The molecule has 0 bridgehead atoms. The third kappa shape index (κ3) is 3.25. The van der Waals surface area contributed by atoms with Gasteiger partial charge in [-0.2, -0.15) is 5.10 Å². The van der Waals surface area contributed by atoms with Crippen molar-refractivity contribution in [2.75, 3.05) is 39.3 Å². The lowest BCUT2D eigenvalue weighted by atomic mass is 9.93. The number of hydrogen-bond acceptors (Lipinski definition) is 4. The van der Waals surface area contributed by atoms with Gasteiger partial charge in [0, 0.05) is 56.7 Å². The van der Waals surface area contributed by atoms with E-state index >= 15 is 0 Å². The minimum Gasteiger partial charge on any atom is -0.334 e. The summed E-state index contributed by atoms with van der Waals surface area (Å²) in [5.74, 6) is 0.0598. The molecular weight excluding hydrogens is 338 g/mol. The number of carbonyl (C=O) groups is 1. The molecule has 3 heterocycles. The summed E-state index contributed by atoms with van der Waals surface area (Å²) < 4.78 is 0. The average Bonchev–Trinajstić information content (AvgIpc) is 3.12. The number of carbonyl (C=O) groups excluding carboxylic acids is 1. The number of H-pyrrole nitrogens is 1. The van der Waals surface area contributed by atoms with Crippen LogP contribution in [0.25, 0.3) is 10.9 Å². The van der Waals surface area contributed by atoms with E-state index in [1.165, 1.54) is 45.2 Å². The summed E-state index contributed by atoms with van der Waals surface area (Å²) in [6.45, 7) is 6.36. The maximum absolute atomic E-state index is 12.8. The van der Waals surface area contributed by atoms with E-state index in [1.54, 1.807) is 0 Å². The van der Waals surface area contributed by atoms with E-state index in [4.69, 9.17) is 0 Å². The Morgan fingerprint density at radius 2 is 1.59 bits per heavy atom. The number of nitrogens with one attached hydrogen (secondary N) is 1. The van der Waals surface area contributed by atoms with Gasteiger partial charge < -0.3 is 4.90 Å². The average molecular weight is 367 g/mol. The van der Waals surface area contributed by atoms with Gasteiger partial charge in [-0.05, 0) is 18.9 Å². The first-order valence-electron chi connectivity index (χ1n) is 10.5. The Bertz CT molecular complexity index is 798.